The summed E-state index contributed by atoms with van der Waals surface area (Å²) in [5.41, 5.74) is 3.16. The first-order chi connectivity index (χ1) is 12.1. The summed E-state index contributed by atoms with van der Waals surface area (Å²) in [5, 5.41) is 4.34. The molecule has 0 aliphatic heterocycles. The van der Waals surface area contributed by atoms with Crippen LogP contribution < -0.4 is 14.8 Å². The van der Waals surface area contributed by atoms with E-state index in [-0.39, 0.29) is 24.8 Å². The molecule has 0 bridgehead atoms. The highest BCUT2D eigenvalue weighted by Gasteiger charge is 2.09. The molecule has 0 fully saturated rings. The Kier molecular flexibility index (Phi) is 13.3. The van der Waals surface area contributed by atoms with E-state index in [9.17, 15) is 0 Å². The van der Waals surface area contributed by atoms with Gasteiger partial charge in [-0.05, 0) is 45.9 Å². The number of hydrogen-bond donors (Lipinski definition) is 1. The Morgan fingerprint density at radius 1 is 1.11 bits per heavy atom. The average Bonchev–Trinajstić information content (AvgIpc) is 2.58. The van der Waals surface area contributed by atoms with Gasteiger partial charge in [0, 0.05) is 29.2 Å². The zero-order valence-electron chi connectivity index (χ0n) is 16.3. The van der Waals surface area contributed by atoms with E-state index in [1.165, 1.54) is 0 Å². The molecule has 0 saturated heterocycles. The van der Waals surface area contributed by atoms with Crippen molar-refractivity contribution in [2.45, 2.75) is 38.9 Å². The van der Waals surface area contributed by atoms with Crippen molar-refractivity contribution in [2.24, 2.45) is 0 Å². The molecule has 0 amide bonds. The molecule has 2 rings (SSSR count). The molecule has 8 heteroatoms. The Hall–Kier alpha value is -1.21. The molecular weight excluding hydrogens is 405 g/mol. The molecule has 0 aliphatic rings. The maximum Gasteiger partial charge on any atom is 0.187 e. The van der Waals surface area contributed by atoms with Gasteiger partial charge >= 0.3 is 0 Å². The number of methoxy groups -OCH3 is 1. The minimum Gasteiger partial charge on any atom is -0.493 e. The average molecular weight is 434 g/mol. The van der Waals surface area contributed by atoms with Gasteiger partial charge < -0.3 is 14.8 Å². The van der Waals surface area contributed by atoms with Crippen LogP contribution in [0.1, 0.15) is 30.3 Å². The molecule has 0 spiro atoms. The van der Waals surface area contributed by atoms with Crippen LogP contribution in [0.3, 0.4) is 0 Å². The Morgan fingerprint density at radius 2 is 1.81 bits per heavy atom. The lowest BCUT2D eigenvalue weighted by Crippen LogP contribution is -2.16. The van der Waals surface area contributed by atoms with Gasteiger partial charge in [-0.15, -0.1) is 24.8 Å². The molecule has 0 aliphatic carbocycles. The van der Waals surface area contributed by atoms with Crippen LogP contribution in [0.4, 0.5) is 0 Å². The molecule has 0 atom stereocenters. The second-order valence-corrected chi connectivity index (χ2v) is 6.76. The Bertz CT molecular complexity index is 670. The van der Waals surface area contributed by atoms with E-state index in [0.29, 0.717) is 6.61 Å². The fourth-order valence-electron chi connectivity index (χ4n) is 2.51. The summed E-state index contributed by atoms with van der Waals surface area (Å²) >= 11 is 1.71. The first-order valence-electron chi connectivity index (χ1n) is 8.58. The summed E-state index contributed by atoms with van der Waals surface area (Å²) in [4.78, 5) is 8.90. The van der Waals surface area contributed by atoms with Gasteiger partial charge in [0.05, 0.1) is 13.7 Å². The molecule has 1 aromatic heterocycles. The predicted molar refractivity (Wildman–Crippen MR) is 117 cm³/mol. The first-order valence-corrected chi connectivity index (χ1v) is 9.57. The van der Waals surface area contributed by atoms with E-state index >= 15 is 0 Å². The molecule has 0 unspecified atom stereocenters. The predicted octanol–water partition coefficient (Wildman–Crippen LogP) is 4.62. The van der Waals surface area contributed by atoms with Gasteiger partial charge in [-0.3, -0.25) is 0 Å². The van der Waals surface area contributed by atoms with Crippen molar-refractivity contribution >= 4 is 36.6 Å². The largest absolute Gasteiger partial charge is 0.493 e. The third kappa shape index (κ3) is 8.56. The Balaban J connectivity index is 0.00000338. The van der Waals surface area contributed by atoms with Gasteiger partial charge in [0.2, 0.25) is 0 Å². The number of ether oxygens (including phenoxy) is 2. The number of aromatic nitrogens is 2. The number of para-hydroxylation sites is 1. The normalized spacial score (nSPS) is 9.93. The van der Waals surface area contributed by atoms with Crippen LogP contribution in [-0.2, 0) is 6.54 Å². The van der Waals surface area contributed by atoms with Gasteiger partial charge in [0.1, 0.15) is 0 Å². The standard InChI is InChI=1S/C19H27N3O2S.2ClH/c1-5-24-18-16(8-6-9-17(18)23-4)13-20-10-7-11-25-19-21-14(2)12-15(3)22-19;;/h6,8-9,12,20H,5,7,10-11,13H2,1-4H3;2*1H. The van der Waals surface area contributed by atoms with Crippen molar-refractivity contribution in [2.75, 3.05) is 26.0 Å². The van der Waals surface area contributed by atoms with Gasteiger partial charge in [-0.2, -0.15) is 0 Å². The fraction of sp³-hybridized carbons (Fsp3) is 0.474. The van der Waals surface area contributed by atoms with Gasteiger partial charge in [-0.25, -0.2) is 9.97 Å². The summed E-state index contributed by atoms with van der Waals surface area (Å²) in [7, 11) is 1.67. The van der Waals surface area contributed by atoms with Crippen molar-refractivity contribution in [1.29, 1.82) is 0 Å². The van der Waals surface area contributed by atoms with E-state index < -0.39 is 0 Å². The van der Waals surface area contributed by atoms with E-state index in [4.69, 9.17) is 9.47 Å². The highest BCUT2D eigenvalue weighted by molar-refractivity contribution is 7.99. The monoisotopic (exact) mass is 433 g/mol. The molecule has 5 nitrogen and oxygen atoms in total. The van der Waals surface area contributed by atoms with Crippen LogP contribution in [0.5, 0.6) is 11.5 Å². The third-order valence-electron chi connectivity index (χ3n) is 3.58. The molecule has 1 N–H and O–H groups in total. The van der Waals surface area contributed by atoms with Gasteiger partial charge in [-0.1, -0.05) is 23.9 Å². The number of nitrogens with zero attached hydrogens (tertiary/aromatic N) is 2. The maximum atomic E-state index is 5.73. The number of nitrogens with one attached hydrogen (secondary N) is 1. The highest BCUT2D eigenvalue weighted by Crippen LogP contribution is 2.31. The number of halogens is 2. The molecule has 1 heterocycles. The second-order valence-electron chi connectivity index (χ2n) is 5.69. The van der Waals surface area contributed by atoms with Crippen molar-refractivity contribution < 1.29 is 9.47 Å². The van der Waals surface area contributed by atoms with E-state index in [2.05, 4.69) is 21.4 Å². The molecule has 0 saturated carbocycles. The van der Waals surface area contributed by atoms with Gasteiger partial charge in [0.15, 0.2) is 16.7 Å². The number of benzene rings is 1. The number of aryl methyl sites for hydroxylation is 2. The number of hydrogen-bond acceptors (Lipinski definition) is 6. The molecule has 0 radical (unpaired) electrons. The van der Waals surface area contributed by atoms with E-state index in [1.807, 2.05) is 39.0 Å². The maximum absolute atomic E-state index is 5.73. The fourth-order valence-corrected chi connectivity index (χ4v) is 3.40. The lowest BCUT2D eigenvalue weighted by Gasteiger charge is -2.14. The van der Waals surface area contributed by atoms with Crippen molar-refractivity contribution in [3.05, 3.63) is 41.2 Å². The summed E-state index contributed by atoms with van der Waals surface area (Å²) in [5.74, 6) is 2.61. The summed E-state index contributed by atoms with van der Waals surface area (Å²) in [6.45, 7) is 8.31. The van der Waals surface area contributed by atoms with Crippen LogP contribution in [-0.4, -0.2) is 36.0 Å². The Morgan fingerprint density at radius 3 is 2.44 bits per heavy atom. The second kappa shape index (κ2) is 13.9. The third-order valence-corrected chi connectivity index (χ3v) is 4.51. The van der Waals surface area contributed by atoms with Crippen LogP contribution in [0.2, 0.25) is 0 Å². The van der Waals surface area contributed by atoms with Gasteiger partial charge in [0.25, 0.3) is 0 Å². The number of thioether (sulfide) groups is 1. The van der Waals surface area contributed by atoms with Crippen molar-refractivity contribution in [1.82, 2.24) is 15.3 Å². The lowest BCUT2D eigenvalue weighted by molar-refractivity contribution is 0.307. The quantitative estimate of drug-likeness (QED) is 0.335. The molecule has 152 valence electrons. The minimum atomic E-state index is 0. The smallest absolute Gasteiger partial charge is 0.187 e. The van der Waals surface area contributed by atoms with Crippen LogP contribution >= 0.6 is 36.6 Å². The zero-order valence-corrected chi connectivity index (χ0v) is 18.7. The van der Waals surface area contributed by atoms with Crippen LogP contribution in [0, 0.1) is 13.8 Å². The van der Waals surface area contributed by atoms with E-state index in [0.717, 1.165) is 58.9 Å². The summed E-state index contributed by atoms with van der Waals surface area (Å²) < 4.78 is 11.1. The van der Waals surface area contributed by atoms with Crippen molar-refractivity contribution in [3.8, 4) is 11.5 Å². The van der Waals surface area contributed by atoms with Crippen LogP contribution in [0.25, 0.3) is 0 Å². The first kappa shape index (κ1) is 25.8. The van der Waals surface area contributed by atoms with Crippen LogP contribution in [0.15, 0.2) is 29.4 Å². The minimum absolute atomic E-state index is 0. The Labute approximate surface area is 178 Å². The van der Waals surface area contributed by atoms with E-state index in [1.54, 1.807) is 18.9 Å². The van der Waals surface area contributed by atoms with Crippen molar-refractivity contribution in [3.63, 3.8) is 0 Å². The highest BCUT2D eigenvalue weighted by atomic mass is 35.5. The number of rotatable bonds is 10. The molecular formula is C19H29Cl2N3O2S. The lowest BCUT2D eigenvalue weighted by atomic mass is 10.2. The molecule has 27 heavy (non-hydrogen) atoms. The zero-order chi connectivity index (χ0) is 18.1. The molecule has 1 aromatic carbocycles. The SMILES string of the molecule is CCOc1c(CNCCCSc2nc(C)cc(C)n2)cccc1OC.Cl.Cl. The molecule has 2 aromatic rings. The summed E-state index contributed by atoms with van der Waals surface area (Å²) in [6.07, 6.45) is 1.05. The topological polar surface area (TPSA) is 56.3 Å². The summed E-state index contributed by atoms with van der Waals surface area (Å²) in [6, 6.07) is 7.98.